The number of nitrogens with one attached hydrogen (secondary N) is 1. The van der Waals surface area contributed by atoms with Gasteiger partial charge in [0, 0.05) is 45.7 Å². The summed E-state index contributed by atoms with van der Waals surface area (Å²) in [6, 6.07) is 0. The molecule has 0 bridgehead atoms. The van der Waals surface area contributed by atoms with Crippen molar-refractivity contribution in [2.24, 2.45) is 0 Å². The topological polar surface area (TPSA) is 44.7 Å². The lowest BCUT2D eigenvalue weighted by Crippen LogP contribution is -2.46. The largest absolute Gasteiger partial charge is 0.388 e. The van der Waals surface area contributed by atoms with Gasteiger partial charge in [0.15, 0.2) is 0 Å². The second kappa shape index (κ2) is 5.66. The van der Waals surface area contributed by atoms with E-state index in [1.807, 2.05) is 14.1 Å². The monoisotopic (exact) mass is 202 g/mol. The molecule has 0 spiro atoms. The lowest BCUT2D eigenvalue weighted by Gasteiger charge is -2.32. The van der Waals surface area contributed by atoms with Gasteiger partial charge in [-0.05, 0) is 14.1 Å². The molecule has 0 atom stereocenters. The maximum Gasteiger partial charge on any atom is 0.0815 e. The second-order valence-corrected chi connectivity index (χ2v) is 4.32. The number of likely N-dealkylation sites (N-methyl/N-ethyl adjacent to an activating group) is 1. The number of hydrogen-bond donors (Lipinski definition) is 2. The van der Waals surface area contributed by atoms with Crippen molar-refractivity contribution in [1.82, 2.24) is 10.2 Å². The Labute approximate surface area is 86.2 Å². The van der Waals surface area contributed by atoms with Crippen LogP contribution >= 0.6 is 0 Å². The third kappa shape index (κ3) is 4.37. The van der Waals surface area contributed by atoms with Gasteiger partial charge in [-0.1, -0.05) is 0 Å². The molecule has 1 heterocycles. The fourth-order valence-corrected chi connectivity index (χ4v) is 1.55. The van der Waals surface area contributed by atoms with Gasteiger partial charge in [0.2, 0.25) is 0 Å². The summed E-state index contributed by atoms with van der Waals surface area (Å²) in [4.78, 5) is 2.13. The van der Waals surface area contributed by atoms with Crippen LogP contribution in [-0.4, -0.2) is 62.6 Å². The third-order valence-electron chi connectivity index (χ3n) is 2.61. The summed E-state index contributed by atoms with van der Waals surface area (Å²) in [6.07, 6.45) is 1.50. The smallest absolute Gasteiger partial charge is 0.0815 e. The van der Waals surface area contributed by atoms with Crippen molar-refractivity contribution in [3.05, 3.63) is 0 Å². The van der Waals surface area contributed by atoms with Crippen LogP contribution in [0.2, 0.25) is 0 Å². The standard InChI is InChI=1S/C10H22N2O2/c1-12(2)6-5-11-9-10(13)3-7-14-8-4-10/h11,13H,3-9H2,1-2H3. The summed E-state index contributed by atoms with van der Waals surface area (Å²) < 4.78 is 5.21. The van der Waals surface area contributed by atoms with Gasteiger partial charge in [-0.15, -0.1) is 0 Å². The molecule has 2 N–H and O–H groups in total. The Morgan fingerprint density at radius 1 is 1.36 bits per heavy atom. The highest BCUT2D eigenvalue weighted by Crippen LogP contribution is 2.18. The van der Waals surface area contributed by atoms with Crippen LogP contribution < -0.4 is 5.32 Å². The molecule has 1 rings (SSSR count). The van der Waals surface area contributed by atoms with E-state index < -0.39 is 5.60 Å². The minimum Gasteiger partial charge on any atom is -0.388 e. The van der Waals surface area contributed by atoms with E-state index in [2.05, 4.69) is 10.2 Å². The Morgan fingerprint density at radius 3 is 2.57 bits per heavy atom. The molecular weight excluding hydrogens is 180 g/mol. The van der Waals surface area contributed by atoms with E-state index in [0.29, 0.717) is 19.8 Å². The number of nitrogens with zero attached hydrogens (tertiary/aromatic N) is 1. The minimum atomic E-state index is -0.537. The van der Waals surface area contributed by atoms with Crippen molar-refractivity contribution in [2.75, 3.05) is 46.9 Å². The van der Waals surface area contributed by atoms with Crippen molar-refractivity contribution < 1.29 is 9.84 Å². The molecule has 0 aromatic rings. The zero-order valence-electron chi connectivity index (χ0n) is 9.25. The van der Waals surface area contributed by atoms with Crippen LogP contribution in [0.4, 0.5) is 0 Å². The number of ether oxygens (including phenoxy) is 1. The van der Waals surface area contributed by atoms with E-state index >= 15 is 0 Å². The van der Waals surface area contributed by atoms with Crippen molar-refractivity contribution in [1.29, 1.82) is 0 Å². The Bertz CT molecular complexity index is 156. The Balaban J connectivity index is 2.09. The first-order chi connectivity index (χ1) is 6.62. The number of rotatable bonds is 5. The molecule has 0 radical (unpaired) electrons. The lowest BCUT2D eigenvalue weighted by atomic mass is 9.94. The third-order valence-corrected chi connectivity index (χ3v) is 2.61. The summed E-state index contributed by atoms with van der Waals surface area (Å²) in [5.41, 5.74) is -0.537. The molecule has 1 aliphatic rings. The van der Waals surface area contributed by atoms with Crippen LogP contribution in [0.3, 0.4) is 0 Å². The molecule has 1 fully saturated rings. The summed E-state index contributed by atoms with van der Waals surface area (Å²) in [7, 11) is 4.09. The van der Waals surface area contributed by atoms with Gasteiger partial charge < -0.3 is 20.1 Å². The van der Waals surface area contributed by atoms with E-state index in [1.54, 1.807) is 0 Å². The Morgan fingerprint density at radius 2 is 2.00 bits per heavy atom. The molecule has 0 aromatic carbocycles. The highest BCUT2D eigenvalue weighted by molar-refractivity contribution is 4.83. The molecule has 0 unspecified atom stereocenters. The highest BCUT2D eigenvalue weighted by Gasteiger charge is 2.28. The van der Waals surface area contributed by atoms with Crippen molar-refractivity contribution in [2.45, 2.75) is 18.4 Å². The van der Waals surface area contributed by atoms with Gasteiger partial charge in [-0.3, -0.25) is 0 Å². The van der Waals surface area contributed by atoms with Gasteiger partial charge in [0.05, 0.1) is 5.60 Å². The van der Waals surface area contributed by atoms with E-state index in [4.69, 9.17) is 4.74 Å². The Kier molecular flexibility index (Phi) is 4.81. The highest BCUT2D eigenvalue weighted by atomic mass is 16.5. The quantitative estimate of drug-likeness (QED) is 0.600. The average Bonchev–Trinajstić information content (AvgIpc) is 2.14. The fourth-order valence-electron chi connectivity index (χ4n) is 1.55. The van der Waals surface area contributed by atoms with Crippen molar-refractivity contribution in [3.8, 4) is 0 Å². The minimum absolute atomic E-state index is 0.537. The van der Waals surface area contributed by atoms with Crippen LogP contribution in [0, 0.1) is 0 Å². The van der Waals surface area contributed by atoms with E-state index in [9.17, 15) is 5.11 Å². The summed E-state index contributed by atoms with van der Waals surface area (Å²) in [5, 5.41) is 13.4. The molecule has 4 nitrogen and oxygen atoms in total. The van der Waals surface area contributed by atoms with Crippen LogP contribution in [0.1, 0.15) is 12.8 Å². The van der Waals surface area contributed by atoms with E-state index in [1.165, 1.54) is 0 Å². The summed E-state index contributed by atoms with van der Waals surface area (Å²) >= 11 is 0. The van der Waals surface area contributed by atoms with Gasteiger partial charge in [-0.25, -0.2) is 0 Å². The van der Waals surface area contributed by atoms with Crippen LogP contribution in [0.25, 0.3) is 0 Å². The molecule has 84 valence electrons. The molecular formula is C10H22N2O2. The van der Waals surface area contributed by atoms with E-state index in [-0.39, 0.29) is 0 Å². The predicted molar refractivity (Wildman–Crippen MR) is 56.4 cm³/mol. The molecule has 14 heavy (non-hydrogen) atoms. The molecule has 1 saturated heterocycles. The second-order valence-electron chi connectivity index (χ2n) is 4.32. The zero-order valence-corrected chi connectivity index (χ0v) is 9.25. The van der Waals surface area contributed by atoms with Gasteiger partial charge in [0.25, 0.3) is 0 Å². The first-order valence-electron chi connectivity index (χ1n) is 5.28. The average molecular weight is 202 g/mol. The molecule has 4 heteroatoms. The first kappa shape index (κ1) is 11.9. The van der Waals surface area contributed by atoms with E-state index in [0.717, 1.165) is 25.9 Å². The number of aliphatic hydroxyl groups is 1. The summed E-state index contributed by atoms with van der Waals surface area (Å²) in [5.74, 6) is 0. The fraction of sp³-hybridized carbons (Fsp3) is 1.00. The summed E-state index contributed by atoms with van der Waals surface area (Å²) in [6.45, 7) is 3.99. The van der Waals surface area contributed by atoms with Crippen LogP contribution in [0.15, 0.2) is 0 Å². The van der Waals surface area contributed by atoms with Crippen LogP contribution in [-0.2, 0) is 4.74 Å². The van der Waals surface area contributed by atoms with Gasteiger partial charge in [0.1, 0.15) is 0 Å². The SMILES string of the molecule is CN(C)CCNCC1(O)CCOCC1. The molecule has 0 aliphatic carbocycles. The Hall–Kier alpha value is -0.160. The lowest BCUT2D eigenvalue weighted by molar-refractivity contribution is -0.0615. The number of hydrogen-bond acceptors (Lipinski definition) is 4. The molecule has 0 saturated carbocycles. The van der Waals surface area contributed by atoms with Crippen LogP contribution in [0.5, 0.6) is 0 Å². The first-order valence-corrected chi connectivity index (χ1v) is 5.28. The normalized spacial score (nSPS) is 21.4. The van der Waals surface area contributed by atoms with Gasteiger partial charge in [-0.2, -0.15) is 0 Å². The zero-order chi connectivity index (χ0) is 10.4. The maximum atomic E-state index is 10.1. The van der Waals surface area contributed by atoms with Gasteiger partial charge >= 0.3 is 0 Å². The molecule has 1 aliphatic heterocycles. The van der Waals surface area contributed by atoms with Crippen molar-refractivity contribution in [3.63, 3.8) is 0 Å². The maximum absolute atomic E-state index is 10.1. The molecule has 0 aromatic heterocycles. The van der Waals surface area contributed by atoms with Crippen molar-refractivity contribution >= 4 is 0 Å². The molecule has 0 amide bonds. The predicted octanol–water partition coefficient (Wildman–Crippen LogP) is -0.321.